The largest absolute Gasteiger partial charge is 0.396 e. The van der Waals surface area contributed by atoms with Gasteiger partial charge in [0.05, 0.1) is 29.8 Å². The van der Waals surface area contributed by atoms with E-state index in [0.29, 0.717) is 58.8 Å². The van der Waals surface area contributed by atoms with Crippen LogP contribution in [-0.2, 0) is 25.7 Å². The molecule has 43 heavy (non-hydrogen) atoms. The SMILES string of the molecule is C=CCN(CCN1CCOCC1)C(=O)C1N(CCCO)C(=O)[C@@H]2[C@H](C(=O)N(CC=C)Cc3ccccc3)[C@H]3SC12CC3Br. The van der Waals surface area contributed by atoms with Gasteiger partial charge in [-0.05, 0) is 18.4 Å². The Morgan fingerprint density at radius 3 is 2.47 bits per heavy atom. The van der Waals surface area contributed by atoms with Crippen molar-refractivity contribution >= 4 is 45.4 Å². The molecule has 1 spiro atoms. The van der Waals surface area contributed by atoms with Crippen molar-refractivity contribution in [2.45, 2.75) is 40.3 Å². The summed E-state index contributed by atoms with van der Waals surface area (Å²) in [6.45, 7) is 13.4. The van der Waals surface area contributed by atoms with Crippen LogP contribution >= 0.6 is 27.7 Å². The molecular formula is C32H43BrN4O5S. The maximum Gasteiger partial charge on any atom is 0.247 e. The highest BCUT2D eigenvalue weighted by Crippen LogP contribution is 2.68. The summed E-state index contributed by atoms with van der Waals surface area (Å²) in [6, 6.07) is 9.12. The number of carbonyl (C=O) groups is 3. The Kier molecular flexibility index (Phi) is 10.7. The first-order chi connectivity index (χ1) is 20.9. The molecule has 0 radical (unpaired) electrons. The van der Waals surface area contributed by atoms with Crippen LogP contribution < -0.4 is 0 Å². The third kappa shape index (κ3) is 6.33. The van der Waals surface area contributed by atoms with Gasteiger partial charge in [0.2, 0.25) is 17.7 Å². The van der Waals surface area contributed by atoms with Crippen molar-refractivity contribution < 1.29 is 24.2 Å². The summed E-state index contributed by atoms with van der Waals surface area (Å²) in [5.41, 5.74) is 1.01. The second-order valence-corrected chi connectivity index (χ2v) is 14.5. The standard InChI is InChI=1S/C32H43BrN4O5S/c1-3-11-35(15-14-34-16-19-42-20-17-34)31(41)28-32-21-24(33)27(43-32)25(26(32)30(40)37(28)13-8-18-38)29(39)36(12-4-2)22-23-9-6-5-7-10-23/h3-7,9-10,24-28,38H,1-2,8,11-22H2/t24?,25-,26-,27-,28?,32?/m0/s1. The number of amides is 3. The first-order valence-corrected chi connectivity index (χ1v) is 17.0. The predicted octanol–water partition coefficient (Wildman–Crippen LogP) is 2.40. The average molecular weight is 676 g/mol. The number of alkyl halides is 1. The summed E-state index contributed by atoms with van der Waals surface area (Å²) < 4.78 is 4.76. The molecule has 4 saturated heterocycles. The fraction of sp³-hybridized carbons (Fsp3) is 0.594. The lowest BCUT2D eigenvalue weighted by atomic mass is 9.70. The molecule has 1 aromatic rings. The van der Waals surface area contributed by atoms with Gasteiger partial charge in [-0.2, -0.15) is 0 Å². The van der Waals surface area contributed by atoms with E-state index < -0.39 is 22.6 Å². The van der Waals surface area contributed by atoms with Crippen molar-refractivity contribution in [1.29, 1.82) is 0 Å². The third-order valence-corrected chi connectivity index (χ3v) is 12.4. The predicted molar refractivity (Wildman–Crippen MR) is 172 cm³/mol. The Hall–Kier alpha value is -2.18. The number of fused-ring (bicyclic) bond motifs is 1. The molecule has 3 unspecified atom stereocenters. The van der Waals surface area contributed by atoms with Crippen LogP contribution in [0.25, 0.3) is 0 Å². The highest BCUT2D eigenvalue weighted by atomic mass is 79.9. The van der Waals surface area contributed by atoms with Crippen molar-refractivity contribution in [1.82, 2.24) is 19.6 Å². The number of carbonyl (C=O) groups excluding carboxylic acids is 3. The van der Waals surface area contributed by atoms with Crippen molar-refractivity contribution in [2.75, 3.05) is 65.6 Å². The van der Waals surface area contributed by atoms with Gasteiger partial charge in [0, 0.05) is 69.0 Å². The van der Waals surface area contributed by atoms with Crippen molar-refractivity contribution in [2.24, 2.45) is 11.8 Å². The molecular weight excluding hydrogens is 632 g/mol. The van der Waals surface area contributed by atoms with Crippen LogP contribution in [0.5, 0.6) is 0 Å². The summed E-state index contributed by atoms with van der Waals surface area (Å²) in [5.74, 6) is -1.49. The van der Waals surface area contributed by atoms with Crippen LogP contribution in [0.2, 0.25) is 0 Å². The third-order valence-electron chi connectivity index (χ3n) is 9.19. The zero-order chi connectivity index (χ0) is 30.6. The van der Waals surface area contributed by atoms with Crippen LogP contribution in [0.3, 0.4) is 0 Å². The van der Waals surface area contributed by atoms with E-state index in [1.54, 1.807) is 33.7 Å². The van der Waals surface area contributed by atoms with E-state index in [4.69, 9.17) is 4.74 Å². The van der Waals surface area contributed by atoms with E-state index >= 15 is 0 Å². The fourth-order valence-electron chi connectivity index (χ4n) is 7.28. The molecule has 4 heterocycles. The summed E-state index contributed by atoms with van der Waals surface area (Å²) in [7, 11) is 0. The molecule has 4 aliphatic heterocycles. The van der Waals surface area contributed by atoms with E-state index in [1.165, 1.54) is 0 Å². The molecule has 1 aromatic carbocycles. The molecule has 6 atom stereocenters. The van der Waals surface area contributed by atoms with Crippen LogP contribution in [-0.4, -0.2) is 129 Å². The minimum atomic E-state index is -0.728. The molecule has 5 rings (SSSR count). The van der Waals surface area contributed by atoms with Gasteiger partial charge in [-0.1, -0.05) is 58.4 Å². The minimum absolute atomic E-state index is 0.00731. The number of benzene rings is 1. The number of halogens is 1. The number of morpholine rings is 1. The Bertz CT molecular complexity index is 1180. The minimum Gasteiger partial charge on any atom is -0.396 e. The van der Waals surface area contributed by atoms with Crippen molar-refractivity contribution in [3.8, 4) is 0 Å². The zero-order valence-corrected chi connectivity index (χ0v) is 27.1. The van der Waals surface area contributed by atoms with Gasteiger partial charge in [-0.15, -0.1) is 24.9 Å². The average Bonchev–Trinajstić information content (AvgIpc) is 3.61. The Morgan fingerprint density at radius 2 is 1.79 bits per heavy atom. The molecule has 1 N–H and O–H groups in total. The van der Waals surface area contributed by atoms with E-state index in [2.05, 4.69) is 34.0 Å². The monoisotopic (exact) mass is 674 g/mol. The first-order valence-electron chi connectivity index (χ1n) is 15.2. The Labute approximate surface area is 267 Å². The summed E-state index contributed by atoms with van der Waals surface area (Å²) in [6.07, 6.45) is 4.45. The number of rotatable bonds is 14. The quantitative estimate of drug-likeness (QED) is 0.239. The number of likely N-dealkylation sites (tertiary alicyclic amines) is 1. The van der Waals surface area contributed by atoms with Crippen LogP contribution in [0.4, 0.5) is 0 Å². The lowest BCUT2D eigenvalue weighted by Gasteiger charge is -2.39. The smallest absolute Gasteiger partial charge is 0.247 e. The lowest BCUT2D eigenvalue weighted by Crippen LogP contribution is -2.56. The van der Waals surface area contributed by atoms with Gasteiger partial charge in [0.15, 0.2) is 0 Å². The zero-order valence-electron chi connectivity index (χ0n) is 24.7. The number of thioether (sulfide) groups is 1. The molecule has 4 fully saturated rings. The molecule has 234 valence electrons. The number of aliphatic hydroxyl groups is 1. The number of nitrogens with zero attached hydrogens (tertiary/aromatic N) is 4. The molecule has 0 saturated carbocycles. The van der Waals surface area contributed by atoms with Gasteiger partial charge in [0.1, 0.15) is 6.04 Å². The van der Waals surface area contributed by atoms with Crippen molar-refractivity contribution in [3.63, 3.8) is 0 Å². The molecule has 3 amide bonds. The van der Waals surface area contributed by atoms with Gasteiger partial charge in [-0.25, -0.2) is 0 Å². The second-order valence-electron chi connectivity index (χ2n) is 11.8. The van der Waals surface area contributed by atoms with Crippen LogP contribution in [0, 0.1) is 11.8 Å². The van der Waals surface area contributed by atoms with E-state index in [-0.39, 0.29) is 41.0 Å². The van der Waals surface area contributed by atoms with Gasteiger partial charge < -0.3 is 24.5 Å². The Morgan fingerprint density at radius 1 is 1.09 bits per heavy atom. The summed E-state index contributed by atoms with van der Waals surface area (Å²) >= 11 is 5.52. The number of hydrogen-bond donors (Lipinski definition) is 1. The van der Waals surface area contributed by atoms with E-state index in [0.717, 1.165) is 18.7 Å². The molecule has 9 nitrogen and oxygen atoms in total. The maximum absolute atomic E-state index is 14.6. The van der Waals surface area contributed by atoms with Crippen molar-refractivity contribution in [3.05, 3.63) is 61.2 Å². The molecule has 0 aliphatic carbocycles. The number of ether oxygens (including phenoxy) is 1. The van der Waals surface area contributed by atoms with Gasteiger partial charge in [-0.3, -0.25) is 19.3 Å². The number of aliphatic hydroxyl groups excluding tert-OH is 1. The summed E-state index contributed by atoms with van der Waals surface area (Å²) in [5, 5.41) is 9.58. The topological polar surface area (TPSA) is 93.6 Å². The van der Waals surface area contributed by atoms with Gasteiger partial charge in [0.25, 0.3) is 0 Å². The highest BCUT2D eigenvalue weighted by molar-refractivity contribution is 9.09. The summed E-state index contributed by atoms with van der Waals surface area (Å²) in [4.78, 5) is 50.8. The first kappa shape index (κ1) is 32.2. The molecule has 2 bridgehead atoms. The molecule has 11 heteroatoms. The highest BCUT2D eigenvalue weighted by Gasteiger charge is 2.76. The molecule has 4 aliphatic rings. The maximum atomic E-state index is 14.6. The Balaban J connectivity index is 1.45. The normalized spacial score (nSPS) is 29.9. The fourth-order valence-corrected chi connectivity index (χ4v) is 10.9. The number of hydrogen-bond acceptors (Lipinski definition) is 7. The molecule has 0 aromatic heterocycles. The van der Waals surface area contributed by atoms with Gasteiger partial charge >= 0.3 is 0 Å². The van der Waals surface area contributed by atoms with Crippen LogP contribution in [0.1, 0.15) is 18.4 Å². The second kappa shape index (κ2) is 14.3. The lowest BCUT2D eigenvalue weighted by molar-refractivity contribution is -0.145. The van der Waals surface area contributed by atoms with E-state index in [9.17, 15) is 19.5 Å². The van der Waals surface area contributed by atoms with Crippen LogP contribution in [0.15, 0.2) is 55.6 Å². The van der Waals surface area contributed by atoms with E-state index in [1.807, 2.05) is 35.2 Å².